The maximum atomic E-state index is 12.3. The molecule has 0 atom stereocenters. The van der Waals surface area contributed by atoms with E-state index < -0.39 is 10.0 Å². The third kappa shape index (κ3) is 3.24. The third-order valence-corrected chi connectivity index (χ3v) is 4.74. The molecule has 1 aromatic carbocycles. The summed E-state index contributed by atoms with van der Waals surface area (Å²) in [6, 6.07) is 6.80. The van der Waals surface area contributed by atoms with Gasteiger partial charge < -0.3 is 5.32 Å². The van der Waals surface area contributed by atoms with Crippen LogP contribution in [0.3, 0.4) is 0 Å². The zero-order valence-electron chi connectivity index (χ0n) is 10.7. The van der Waals surface area contributed by atoms with Crippen molar-refractivity contribution in [2.75, 3.05) is 16.6 Å². The molecule has 19 heavy (non-hydrogen) atoms. The highest BCUT2D eigenvalue weighted by Crippen LogP contribution is 2.25. The van der Waals surface area contributed by atoms with E-state index in [0.717, 1.165) is 4.88 Å². The Hall–Kier alpha value is -1.60. The van der Waals surface area contributed by atoms with E-state index in [1.807, 2.05) is 13.8 Å². The summed E-state index contributed by atoms with van der Waals surface area (Å²) in [5.74, 6) is 0. The molecule has 0 saturated heterocycles. The number of anilines is 2. The number of para-hydroxylation sites is 1. The quantitative estimate of drug-likeness (QED) is 0.890. The van der Waals surface area contributed by atoms with Gasteiger partial charge in [0, 0.05) is 17.6 Å². The standard InChI is InChI=1S/C12H15N3O2S2/c1-3-13-10-6-4-5-7-11(10)19(16,17)15-12-14-8-9(2)18-12/h4-8,13H,3H2,1-2H3,(H,14,15). The van der Waals surface area contributed by atoms with Crippen LogP contribution in [0.2, 0.25) is 0 Å². The molecular weight excluding hydrogens is 282 g/mol. The summed E-state index contributed by atoms with van der Waals surface area (Å²) in [4.78, 5) is 5.19. The summed E-state index contributed by atoms with van der Waals surface area (Å²) < 4.78 is 27.1. The molecule has 102 valence electrons. The van der Waals surface area contributed by atoms with Crippen molar-refractivity contribution in [3.8, 4) is 0 Å². The second kappa shape index (κ2) is 5.58. The first-order valence-corrected chi connectivity index (χ1v) is 8.11. The Morgan fingerprint density at radius 1 is 1.32 bits per heavy atom. The number of thiazole rings is 1. The maximum Gasteiger partial charge on any atom is 0.265 e. The van der Waals surface area contributed by atoms with Gasteiger partial charge in [-0.1, -0.05) is 12.1 Å². The minimum absolute atomic E-state index is 0.227. The Morgan fingerprint density at radius 2 is 2.05 bits per heavy atom. The van der Waals surface area contributed by atoms with Gasteiger partial charge in [-0.15, -0.1) is 11.3 Å². The maximum absolute atomic E-state index is 12.3. The van der Waals surface area contributed by atoms with Gasteiger partial charge in [0.15, 0.2) is 5.13 Å². The van der Waals surface area contributed by atoms with E-state index in [-0.39, 0.29) is 4.90 Å². The van der Waals surface area contributed by atoms with Crippen molar-refractivity contribution >= 4 is 32.2 Å². The molecule has 0 radical (unpaired) electrons. The summed E-state index contributed by atoms with van der Waals surface area (Å²) in [5.41, 5.74) is 0.589. The third-order valence-electron chi connectivity index (χ3n) is 2.39. The smallest absolute Gasteiger partial charge is 0.265 e. The van der Waals surface area contributed by atoms with E-state index in [0.29, 0.717) is 17.4 Å². The van der Waals surface area contributed by atoms with Crippen LogP contribution in [-0.2, 0) is 10.0 Å². The summed E-state index contributed by atoms with van der Waals surface area (Å²) in [6.07, 6.45) is 1.64. The first kappa shape index (κ1) is 13.8. The van der Waals surface area contributed by atoms with E-state index >= 15 is 0 Å². The number of aryl methyl sites for hydroxylation is 1. The number of benzene rings is 1. The molecule has 0 aliphatic rings. The minimum atomic E-state index is -3.62. The zero-order valence-corrected chi connectivity index (χ0v) is 12.3. The molecule has 0 saturated carbocycles. The molecule has 0 aliphatic heterocycles. The average molecular weight is 297 g/mol. The van der Waals surface area contributed by atoms with Crippen LogP contribution in [0.15, 0.2) is 35.4 Å². The van der Waals surface area contributed by atoms with E-state index in [4.69, 9.17) is 0 Å². The minimum Gasteiger partial charge on any atom is -0.384 e. The first-order chi connectivity index (χ1) is 9.03. The number of nitrogens with zero attached hydrogens (tertiary/aromatic N) is 1. The van der Waals surface area contributed by atoms with Crippen LogP contribution >= 0.6 is 11.3 Å². The number of hydrogen-bond donors (Lipinski definition) is 2. The number of sulfonamides is 1. The Morgan fingerprint density at radius 3 is 2.68 bits per heavy atom. The number of nitrogens with one attached hydrogen (secondary N) is 2. The largest absolute Gasteiger partial charge is 0.384 e. The van der Waals surface area contributed by atoms with Gasteiger partial charge in [0.25, 0.3) is 10.0 Å². The number of hydrogen-bond acceptors (Lipinski definition) is 5. The van der Waals surface area contributed by atoms with Gasteiger partial charge in [-0.05, 0) is 26.0 Å². The predicted molar refractivity (Wildman–Crippen MR) is 78.3 cm³/mol. The van der Waals surface area contributed by atoms with Crippen molar-refractivity contribution < 1.29 is 8.42 Å². The zero-order chi connectivity index (χ0) is 13.9. The second-order valence-corrected chi connectivity index (χ2v) is 6.79. The van der Waals surface area contributed by atoms with Crippen LogP contribution in [0.25, 0.3) is 0 Å². The lowest BCUT2D eigenvalue weighted by atomic mass is 10.3. The fourth-order valence-corrected chi connectivity index (χ4v) is 3.70. The Kier molecular flexibility index (Phi) is 4.06. The molecule has 0 bridgehead atoms. The van der Waals surface area contributed by atoms with Crippen molar-refractivity contribution in [1.82, 2.24) is 4.98 Å². The normalized spacial score (nSPS) is 11.3. The molecule has 0 aliphatic carbocycles. The molecule has 1 heterocycles. The molecule has 0 spiro atoms. The SMILES string of the molecule is CCNc1ccccc1S(=O)(=O)Nc1ncc(C)s1. The number of rotatable bonds is 5. The van der Waals surface area contributed by atoms with Crippen LogP contribution in [0.1, 0.15) is 11.8 Å². The average Bonchev–Trinajstić information content (AvgIpc) is 2.75. The van der Waals surface area contributed by atoms with Crippen LogP contribution < -0.4 is 10.0 Å². The van der Waals surface area contributed by atoms with Gasteiger partial charge in [0.1, 0.15) is 4.90 Å². The molecule has 2 aromatic rings. The molecule has 2 rings (SSSR count). The lowest BCUT2D eigenvalue weighted by Gasteiger charge is -2.11. The van der Waals surface area contributed by atoms with Crippen LogP contribution in [0.5, 0.6) is 0 Å². The van der Waals surface area contributed by atoms with Gasteiger partial charge >= 0.3 is 0 Å². The van der Waals surface area contributed by atoms with Crippen molar-refractivity contribution in [3.05, 3.63) is 35.3 Å². The molecule has 0 amide bonds. The summed E-state index contributed by atoms with van der Waals surface area (Å²) in [6.45, 7) is 4.45. The van der Waals surface area contributed by atoms with Gasteiger partial charge in [-0.2, -0.15) is 0 Å². The highest BCUT2D eigenvalue weighted by molar-refractivity contribution is 7.93. The highest BCUT2D eigenvalue weighted by atomic mass is 32.2. The summed E-state index contributed by atoms with van der Waals surface area (Å²) >= 11 is 1.31. The molecule has 5 nitrogen and oxygen atoms in total. The molecule has 2 N–H and O–H groups in total. The van der Waals surface area contributed by atoms with E-state index in [1.54, 1.807) is 30.5 Å². The Labute approximate surface area is 116 Å². The highest BCUT2D eigenvalue weighted by Gasteiger charge is 2.19. The summed E-state index contributed by atoms with van der Waals surface area (Å²) in [5, 5.41) is 3.42. The van der Waals surface area contributed by atoms with Crippen LogP contribution in [-0.4, -0.2) is 19.9 Å². The molecular formula is C12H15N3O2S2. The molecule has 7 heteroatoms. The van der Waals surface area contributed by atoms with Crippen molar-refractivity contribution in [3.63, 3.8) is 0 Å². The van der Waals surface area contributed by atoms with Crippen molar-refractivity contribution in [2.45, 2.75) is 18.7 Å². The lowest BCUT2D eigenvalue weighted by Crippen LogP contribution is -2.15. The van der Waals surface area contributed by atoms with E-state index in [1.165, 1.54) is 11.3 Å². The van der Waals surface area contributed by atoms with Crippen molar-refractivity contribution in [2.24, 2.45) is 0 Å². The van der Waals surface area contributed by atoms with Crippen molar-refractivity contribution in [1.29, 1.82) is 0 Å². The molecule has 0 unspecified atom stereocenters. The topological polar surface area (TPSA) is 71.1 Å². The van der Waals surface area contributed by atoms with E-state index in [2.05, 4.69) is 15.0 Å². The molecule has 1 aromatic heterocycles. The Balaban J connectivity index is 2.34. The van der Waals surface area contributed by atoms with Gasteiger partial charge in [-0.25, -0.2) is 13.4 Å². The molecule has 0 fully saturated rings. The number of aromatic nitrogens is 1. The monoisotopic (exact) mass is 297 g/mol. The Bertz CT molecular complexity index is 665. The van der Waals surface area contributed by atoms with Crippen LogP contribution in [0, 0.1) is 6.92 Å². The van der Waals surface area contributed by atoms with Gasteiger partial charge in [-0.3, -0.25) is 4.72 Å². The lowest BCUT2D eigenvalue weighted by molar-refractivity contribution is 0.601. The van der Waals surface area contributed by atoms with Crippen LogP contribution in [0.4, 0.5) is 10.8 Å². The first-order valence-electron chi connectivity index (χ1n) is 5.81. The fraction of sp³-hybridized carbons (Fsp3) is 0.250. The van der Waals surface area contributed by atoms with E-state index in [9.17, 15) is 8.42 Å². The second-order valence-electron chi connectivity index (χ2n) is 3.91. The summed E-state index contributed by atoms with van der Waals surface area (Å²) in [7, 11) is -3.62. The fourth-order valence-electron chi connectivity index (χ4n) is 1.61. The van der Waals surface area contributed by atoms with Gasteiger partial charge in [0.05, 0.1) is 5.69 Å². The predicted octanol–water partition coefficient (Wildman–Crippen LogP) is 2.68. The van der Waals surface area contributed by atoms with Gasteiger partial charge in [0.2, 0.25) is 0 Å².